The number of carboxylic acid groups (broad SMARTS) is 1. The highest BCUT2D eigenvalue weighted by Crippen LogP contribution is 2.13. The fourth-order valence-corrected chi connectivity index (χ4v) is 0.765. The van der Waals surface area contributed by atoms with Crippen LogP contribution < -0.4 is 10.6 Å². The molecule has 0 spiro atoms. The molecule has 0 aliphatic carbocycles. The van der Waals surface area contributed by atoms with Crippen molar-refractivity contribution in [3.05, 3.63) is 0 Å². The van der Waals surface area contributed by atoms with Crippen LogP contribution in [0.4, 0.5) is 13.2 Å². The van der Waals surface area contributed by atoms with Crippen LogP contribution in [0.1, 0.15) is 6.42 Å². The predicted molar refractivity (Wildman–Crippen MR) is 44.0 cm³/mol. The Morgan fingerprint density at radius 1 is 1.07 bits per heavy atom. The molecular weight excluding hydrogens is 201 g/mol. The monoisotopic (exact) mass is 214 g/mol. The van der Waals surface area contributed by atoms with Crippen LogP contribution in [-0.4, -0.2) is 43.4 Å². The van der Waals surface area contributed by atoms with E-state index in [-0.39, 0.29) is 0 Å². The molecule has 0 aromatic carbocycles. The van der Waals surface area contributed by atoms with Gasteiger partial charge in [-0.25, -0.2) is 4.79 Å². The minimum Gasteiger partial charge on any atom is -0.475 e. The highest BCUT2D eigenvalue weighted by atomic mass is 19.4. The first kappa shape index (κ1) is 13.2. The van der Waals surface area contributed by atoms with Crippen molar-refractivity contribution in [2.75, 3.05) is 26.2 Å². The highest BCUT2D eigenvalue weighted by molar-refractivity contribution is 5.73. The average Bonchev–Trinajstić information content (AvgIpc) is 2.33. The quantitative estimate of drug-likeness (QED) is 0.539. The van der Waals surface area contributed by atoms with Gasteiger partial charge in [0.05, 0.1) is 0 Å². The number of carbonyl (C=O) groups is 1. The molecule has 14 heavy (non-hydrogen) atoms. The number of halogens is 3. The number of hydrogen-bond acceptors (Lipinski definition) is 3. The first-order chi connectivity index (χ1) is 6.44. The Morgan fingerprint density at radius 3 is 1.71 bits per heavy atom. The zero-order chi connectivity index (χ0) is 11.0. The van der Waals surface area contributed by atoms with Crippen LogP contribution in [0.25, 0.3) is 0 Å². The second kappa shape index (κ2) is 6.61. The first-order valence-corrected chi connectivity index (χ1v) is 4.16. The minimum absolute atomic E-state index is 1.14. The second-order valence-corrected chi connectivity index (χ2v) is 2.66. The standard InChI is InChI=1S/C5H12N2.C2HF3O2/c1-2-6-4-5-7-3-1;3-2(4,5)1(6)7/h6-7H,1-5H2;(H,6,7). The van der Waals surface area contributed by atoms with Crippen LogP contribution in [0.3, 0.4) is 0 Å². The summed E-state index contributed by atoms with van der Waals surface area (Å²) in [5.41, 5.74) is 0. The summed E-state index contributed by atoms with van der Waals surface area (Å²) in [5, 5.41) is 13.7. The van der Waals surface area contributed by atoms with E-state index >= 15 is 0 Å². The number of aliphatic carboxylic acids is 1. The van der Waals surface area contributed by atoms with E-state index in [9.17, 15) is 13.2 Å². The minimum atomic E-state index is -5.08. The van der Waals surface area contributed by atoms with E-state index in [0.717, 1.165) is 13.1 Å². The van der Waals surface area contributed by atoms with Crippen molar-refractivity contribution in [2.45, 2.75) is 12.6 Å². The summed E-state index contributed by atoms with van der Waals surface area (Å²) in [6.45, 7) is 4.65. The van der Waals surface area contributed by atoms with Crippen molar-refractivity contribution in [3.63, 3.8) is 0 Å². The Bertz CT molecular complexity index is 153. The summed E-state index contributed by atoms with van der Waals surface area (Å²) in [7, 11) is 0. The summed E-state index contributed by atoms with van der Waals surface area (Å²) in [6.07, 6.45) is -3.81. The van der Waals surface area contributed by atoms with E-state index in [1.807, 2.05) is 0 Å². The Morgan fingerprint density at radius 2 is 1.43 bits per heavy atom. The van der Waals surface area contributed by atoms with Crippen LogP contribution in [0.2, 0.25) is 0 Å². The Kier molecular flexibility index (Phi) is 6.22. The van der Waals surface area contributed by atoms with Gasteiger partial charge in [0.1, 0.15) is 0 Å². The molecule has 0 saturated carbocycles. The van der Waals surface area contributed by atoms with Crippen LogP contribution >= 0.6 is 0 Å². The first-order valence-electron chi connectivity index (χ1n) is 4.16. The SMILES string of the molecule is C1CNCCNC1.O=C(O)C(F)(F)F. The molecule has 3 N–H and O–H groups in total. The number of alkyl halides is 3. The second-order valence-electron chi connectivity index (χ2n) is 2.66. The predicted octanol–water partition coefficient (Wildman–Crippen LogP) is 0.203. The van der Waals surface area contributed by atoms with Gasteiger partial charge >= 0.3 is 12.1 Å². The molecule has 0 amide bonds. The molecular formula is C7H13F3N2O2. The van der Waals surface area contributed by atoms with Crippen LogP contribution in [0, 0.1) is 0 Å². The molecule has 84 valence electrons. The lowest BCUT2D eigenvalue weighted by molar-refractivity contribution is -0.192. The summed E-state index contributed by atoms with van der Waals surface area (Å²) in [6, 6.07) is 0. The number of hydrogen-bond donors (Lipinski definition) is 3. The average molecular weight is 214 g/mol. The summed E-state index contributed by atoms with van der Waals surface area (Å²) in [4.78, 5) is 8.90. The molecule has 7 heteroatoms. The Labute approximate surface area is 79.5 Å². The molecule has 1 fully saturated rings. The van der Waals surface area contributed by atoms with E-state index in [4.69, 9.17) is 9.90 Å². The third-order valence-electron chi connectivity index (χ3n) is 1.43. The van der Waals surface area contributed by atoms with Crippen LogP contribution in [0.5, 0.6) is 0 Å². The highest BCUT2D eigenvalue weighted by Gasteiger charge is 2.38. The normalized spacial score (nSPS) is 17.6. The molecule has 0 radical (unpaired) electrons. The maximum absolute atomic E-state index is 10.6. The van der Waals surface area contributed by atoms with Gasteiger partial charge in [-0.1, -0.05) is 0 Å². The Hall–Kier alpha value is -0.820. The van der Waals surface area contributed by atoms with E-state index in [2.05, 4.69) is 10.6 Å². The van der Waals surface area contributed by atoms with Crippen molar-refractivity contribution in [2.24, 2.45) is 0 Å². The van der Waals surface area contributed by atoms with Gasteiger partial charge < -0.3 is 15.7 Å². The zero-order valence-electron chi connectivity index (χ0n) is 7.52. The number of nitrogens with one attached hydrogen (secondary N) is 2. The van der Waals surface area contributed by atoms with Crippen LogP contribution in [-0.2, 0) is 4.79 Å². The van der Waals surface area contributed by atoms with Gasteiger partial charge in [0.15, 0.2) is 0 Å². The molecule has 1 rings (SSSR count). The van der Waals surface area contributed by atoms with Crippen molar-refractivity contribution >= 4 is 5.97 Å². The summed E-state index contributed by atoms with van der Waals surface area (Å²) < 4.78 is 31.7. The summed E-state index contributed by atoms with van der Waals surface area (Å²) in [5.74, 6) is -2.76. The van der Waals surface area contributed by atoms with Gasteiger partial charge in [-0.15, -0.1) is 0 Å². The molecule has 0 aromatic heterocycles. The van der Waals surface area contributed by atoms with Gasteiger partial charge in [0, 0.05) is 13.1 Å². The fourth-order valence-electron chi connectivity index (χ4n) is 0.765. The van der Waals surface area contributed by atoms with Crippen molar-refractivity contribution in [3.8, 4) is 0 Å². The van der Waals surface area contributed by atoms with E-state index in [0.29, 0.717) is 0 Å². The van der Waals surface area contributed by atoms with Gasteiger partial charge in [0.2, 0.25) is 0 Å². The molecule has 0 atom stereocenters. The van der Waals surface area contributed by atoms with Gasteiger partial charge in [-0.2, -0.15) is 13.2 Å². The largest absolute Gasteiger partial charge is 0.490 e. The van der Waals surface area contributed by atoms with Gasteiger partial charge in [0.25, 0.3) is 0 Å². The maximum Gasteiger partial charge on any atom is 0.490 e. The summed E-state index contributed by atoms with van der Waals surface area (Å²) >= 11 is 0. The van der Waals surface area contributed by atoms with Crippen molar-refractivity contribution in [1.29, 1.82) is 0 Å². The molecule has 1 aliphatic rings. The van der Waals surface area contributed by atoms with Gasteiger partial charge in [-0.05, 0) is 19.5 Å². The van der Waals surface area contributed by atoms with Crippen molar-refractivity contribution < 1.29 is 23.1 Å². The topological polar surface area (TPSA) is 61.4 Å². The van der Waals surface area contributed by atoms with E-state index < -0.39 is 12.1 Å². The lowest BCUT2D eigenvalue weighted by Gasteiger charge is -1.93. The lowest BCUT2D eigenvalue weighted by atomic mass is 10.4. The Balaban J connectivity index is 0.000000241. The molecule has 1 saturated heterocycles. The number of carboxylic acids is 1. The van der Waals surface area contributed by atoms with E-state index in [1.54, 1.807) is 0 Å². The van der Waals surface area contributed by atoms with E-state index in [1.165, 1.54) is 19.5 Å². The third kappa shape index (κ3) is 7.81. The van der Waals surface area contributed by atoms with Crippen molar-refractivity contribution in [1.82, 2.24) is 10.6 Å². The molecule has 1 aliphatic heterocycles. The smallest absolute Gasteiger partial charge is 0.475 e. The zero-order valence-corrected chi connectivity index (χ0v) is 7.52. The lowest BCUT2D eigenvalue weighted by Crippen LogP contribution is -2.21. The fraction of sp³-hybridized carbons (Fsp3) is 0.857. The van der Waals surface area contributed by atoms with Gasteiger partial charge in [-0.3, -0.25) is 0 Å². The third-order valence-corrected chi connectivity index (χ3v) is 1.43. The molecule has 4 nitrogen and oxygen atoms in total. The number of rotatable bonds is 0. The molecule has 0 unspecified atom stereocenters. The molecule has 0 aromatic rings. The maximum atomic E-state index is 10.6. The molecule has 1 heterocycles. The molecule has 0 bridgehead atoms. The van der Waals surface area contributed by atoms with Crippen LogP contribution in [0.15, 0.2) is 0 Å².